The molecule has 1 atom stereocenters. The first-order valence-electron chi connectivity index (χ1n) is 4.12. The molecule has 13 heavy (non-hydrogen) atoms. The van der Waals surface area contributed by atoms with Crippen LogP contribution >= 0.6 is 0 Å². The van der Waals surface area contributed by atoms with Crippen molar-refractivity contribution in [2.45, 2.75) is 12.5 Å². The second-order valence-electron chi connectivity index (χ2n) is 2.94. The SMILES string of the molecule is O=C1CNC(=O)N1OC1CCOC1. The van der Waals surface area contributed by atoms with Crippen molar-refractivity contribution in [2.24, 2.45) is 0 Å². The Bertz CT molecular complexity index is 221. The second kappa shape index (κ2) is 3.31. The maximum atomic E-state index is 11.0. The summed E-state index contributed by atoms with van der Waals surface area (Å²) in [7, 11) is 0. The first-order valence-corrected chi connectivity index (χ1v) is 4.12. The maximum absolute atomic E-state index is 11.0. The van der Waals surface area contributed by atoms with Crippen LogP contribution in [0, 0.1) is 0 Å². The molecule has 0 radical (unpaired) electrons. The van der Waals surface area contributed by atoms with E-state index in [1.54, 1.807) is 0 Å². The van der Waals surface area contributed by atoms with Crippen molar-refractivity contribution in [2.75, 3.05) is 19.8 Å². The fourth-order valence-electron chi connectivity index (χ4n) is 1.26. The van der Waals surface area contributed by atoms with Crippen LogP contribution in [0.5, 0.6) is 0 Å². The van der Waals surface area contributed by atoms with Crippen LogP contribution in [-0.2, 0) is 14.4 Å². The van der Waals surface area contributed by atoms with Crippen molar-refractivity contribution in [3.8, 4) is 0 Å². The van der Waals surface area contributed by atoms with E-state index in [0.29, 0.717) is 13.2 Å². The fraction of sp³-hybridized carbons (Fsp3) is 0.714. The number of hydrogen-bond acceptors (Lipinski definition) is 4. The van der Waals surface area contributed by atoms with Gasteiger partial charge in [-0.25, -0.2) is 4.79 Å². The van der Waals surface area contributed by atoms with E-state index in [9.17, 15) is 9.59 Å². The van der Waals surface area contributed by atoms with Gasteiger partial charge in [-0.3, -0.25) is 9.63 Å². The third-order valence-corrected chi connectivity index (χ3v) is 1.94. The highest BCUT2D eigenvalue weighted by atomic mass is 16.7. The van der Waals surface area contributed by atoms with E-state index in [2.05, 4.69) is 5.32 Å². The number of rotatable bonds is 2. The molecule has 6 nitrogen and oxygen atoms in total. The number of hydrogen-bond donors (Lipinski definition) is 1. The Morgan fingerprint density at radius 3 is 2.92 bits per heavy atom. The molecule has 2 saturated heterocycles. The molecule has 2 aliphatic heterocycles. The summed E-state index contributed by atoms with van der Waals surface area (Å²) in [4.78, 5) is 27.2. The minimum absolute atomic E-state index is 0.0202. The van der Waals surface area contributed by atoms with Gasteiger partial charge in [0.05, 0.1) is 6.61 Å². The van der Waals surface area contributed by atoms with Crippen LogP contribution in [0.25, 0.3) is 0 Å². The lowest BCUT2D eigenvalue weighted by Gasteiger charge is -2.15. The van der Waals surface area contributed by atoms with Gasteiger partial charge in [0, 0.05) is 13.0 Å². The molecule has 1 unspecified atom stereocenters. The smallest absolute Gasteiger partial charge is 0.349 e. The lowest BCUT2D eigenvalue weighted by Crippen LogP contribution is -2.35. The molecular weight excluding hydrogens is 176 g/mol. The topological polar surface area (TPSA) is 67.9 Å². The van der Waals surface area contributed by atoms with Crippen LogP contribution in [0.4, 0.5) is 4.79 Å². The number of carbonyl (C=O) groups excluding carboxylic acids is 2. The number of amides is 3. The predicted molar refractivity (Wildman–Crippen MR) is 40.6 cm³/mol. The van der Waals surface area contributed by atoms with Gasteiger partial charge in [-0.05, 0) is 0 Å². The Hall–Kier alpha value is -1.14. The van der Waals surface area contributed by atoms with E-state index < -0.39 is 6.03 Å². The molecule has 0 aromatic rings. The van der Waals surface area contributed by atoms with Gasteiger partial charge >= 0.3 is 6.03 Å². The van der Waals surface area contributed by atoms with Crippen LogP contribution in [0.15, 0.2) is 0 Å². The molecule has 3 amide bonds. The zero-order chi connectivity index (χ0) is 9.26. The summed E-state index contributed by atoms with van der Waals surface area (Å²) in [5, 5.41) is 3.14. The van der Waals surface area contributed by atoms with Gasteiger partial charge in [0.1, 0.15) is 12.6 Å². The molecule has 6 heteroatoms. The summed E-state index contributed by atoms with van der Waals surface area (Å²) in [6, 6.07) is -0.489. The van der Waals surface area contributed by atoms with E-state index in [1.165, 1.54) is 0 Å². The average molecular weight is 186 g/mol. The van der Waals surface area contributed by atoms with Gasteiger partial charge in [-0.1, -0.05) is 0 Å². The molecule has 2 fully saturated rings. The quantitative estimate of drug-likeness (QED) is 0.577. The van der Waals surface area contributed by atoms with Crippen LogP contribution in [0.2, 0.25) is 0 Å². The second-order valence-corrected chi connectivity index (χ2v) is 2.94. The summed E-state index contributed by atoms with van der Waals surface area (Å²) >= 11 is 0. The van der Waals surface area contributed by atoms with Gasteiger partial charge in [0.25, 0.3) is 5.91 Å². The van der Waals surface area contributed by atoms with Crippen molar-refractivity contribution < 1.29 is 19.2 Å². The van der Waals surface area contributed by atoms with Gasteiger partial charge in [0.15, 0.2) is 0 Å². The van der Waals surface area contributed by atoms with Gasteiger partial charge in [0.2, 0.25) is 0 Å². The summed E-state index contributed by atoms with van der Waals surface area (Å²) in [5.74, 6) is -0.350. The van der Waals surface area contributed by atoms with Crippen LogP contribution < -0.4 is 5.32 Å². The summed E-state index contributed by atoms with van der Waals surface area (Å²) in [6.07, 6.45) is 0.546. The lowest BCUT2D eigenvalue weighted by molar-refractivity contribution is -0.176. The molecule has 72 valence electrons. The van der Waals surface area contributed by atoms with Crippen molar-refractivity contribution in [3.63, 3.8) is 0 Å². The van der Waals surface area contributed by atoms with Crippen molar-refractivity contribution in [3.05, 3.63) is 0 Å². The van der Waals surface area contributed by atoms with E-state index in [4.69, 9.17) is 9.57 Å². The van der Waals surface area contributed by atoms with Gasteiger partial charge < -0.3 is 10.1 Å². The Morgan fingerprint density at radius 2 is 2.38 bits per heavy atom. The number of carbonyl (C=O) groups is 2. The minimum Gasteiger partial charge on any atom is -0.379 e. The first kappa shape index (κ1) is 8.46. The third kappa shape index (κ3) is 1.63. The highest BCUT2D eigenvalue weighted by Crippen LogP contribution is 2.12. The number of hydroxylamine groups is 2. The maximum Gasteiger partial charge on any atom is 0.349 e. The molecule has 1 N–H and O–H groups in total. The minimum atomic E-state index is -0.489. The Kier molecular flexibility index (Phi) is 2.15. The fourth-order valence-corrected chi connectivity index (χ4v) is 1.26. The number of ether oxygens (including phenoxy) is 1. The highest BCUT2D eigenvalue weighted by Gasteiger charge is 2.33. The zero-order valence-corrected chi connectivity index (χ0v) is 6.99. The van der Waals surface area contributed by atoms with E-state index >= 15 is 0 Å². The van der Waals surface area contributed by atoms with Crippen molar-refractivity contribution in [1.82, 2.24) is 10.4 Å². The molecule has 2 aliphatic rings. The predicted octanol–water partition coefficient (Wildman–Crippen LogP) is -0.741. The monoisotopic (exact) mass is 186 g/mol. The van der Waals surface area contributed by atoms with E-state index in [-0.39, 0.29) is 18.6 Å². The zero-order valence-electron chi connectivity index (χ0n) is 6.99. The lowest BCUT2D eigenvalue weighted by atomic mass is 10.3. The van der Waals surface area contributed by atoms with Gasteiger partial charge in [-0.15, -0.1) is 5.06 Å². The van der Waals surface area contributed by atoms with Crippen molar-refractivity contribution >= 4 is 11.9 Å². The molecule has 0 spiro atoms. The number of nitrogens with zero attached hydrogens (tertiary/aromatic N) is 1. The molecule has 0 aromatic heterocycles. The van der Waals surface area contributed by atoms with E-state index in [1.807, 2.05) is 0 Å². The Morgan fingerprint density at radius 1 is 1.54 bits per heavy atom. The van der Waals surface area contributed by atoms with Crippen LogP contribution in [0.3, 0.4) is 0 Å². The first-order chi connectivity index (χ1) is 6.27. The standard InChI is InChI=1S/C7H10N2O4/c10-6-3-8-7(11)9(6)13-5-1-2-12-4-5/h5H,1-4H2,(H,8,11). The van der Waals surface area contributed by atoms with Gasteiger partial charge in [-0.2, -0.15) is 0 Å². The molecular formula is C7H10N2O4. The van der Waals surface area contributed by atoms with Crippen LogP contribution in [0.1, 0.15) is 6.42 Å². The Labute approximate surface area is 74.7 Å². The summed E-state index contributed by atoms with van der Waals surface area (Å²) in [5.41, 5.74) is 0. The normalized spacial score (nSPS) is 28.3. The molecule has 0 aliphatic carbocycles. The van der Waals surface area contributed by atoms with Crippen molar-refractivity contribution in [1.29, 1.82) is 0 Å². The molecule has 2 rings (SSSR count). The Balaban J connectivity index is 1.92. The molecule has 0 saturated carbocycles. The largest absolute Gasteiger partial charge is 0.379 e. The molecule has 0 aromatic carbocycles. The number of nitrogens with one attached hydrogen (secondary N) is 1. The summed E-state index contributed by atoms with van der Waals surface area (Å²) < 4.78 is 5.04. The number of urea groups is 1. The average Bonchev–Trinajstić information content (AvgIpc) is 2.70. The highest BCUT2D eigenvalue weighted by molar-refractivity contribution is 6.00. The van der Waals surface area contributed by atoms with E-state index in [0.717, 1.165) is 11.5 Å². The molecule has 2 heterocycles. The van der Waals surface area contributed by atoms with Crippen LogP contribution in [-0.4, -0.2) is 42.9 Å². The third-order valence-electron chi connectivity index (χ3n) is 1.94. The molecule has 0 bridgehead atoms. The number of imide groups is 1. The summed E-state index contributed by atoms with van der Waals surface area (Å²) in [6.45, 7) is 1.08.